The molecule has 0 bridgehead atoms. The lowest BCUT2D eigenvalue weighted by molar-refractivity contribution is -0.144. The summed E-state index contributed by atoms with van der Waals surface area (Å²) in [5, 5.41) is 3.24. The van der Waals surface area contributed by atoms with Crippen LogP contribution in [0.15, 0.2) is 6.07 Å². The summed E-state index contributed by atoms with van der Waals surface area (Å²) in [4.78, 5) is 7.25. The van der Waals surface area contributed by atoms with E-state index in [9.17, 15) is 13.2 Å². The number of methoxy groups -OCH3 is 3. The molecule has 0 saturated heterocycles. The Morgan fingerprint density at radius 3 is 2.08 bits per heavy atom. The molecule has 0 aliphatic heterocycles. The summed E-state index contributed by atoms with van der Waals surface area (Å²) >= 11 is 0. The van der Waals surface area contributed by atoms with Gasteiger partial charge in [-0.05, 0) is 19.9 Å². The maximum Gasteiger partial charge on any atom is 0.451 e. The third-order valence-electron chi connectivity index (χ3n) is 3.17. The van der Waals surface area contributed by atoms with Gasteiger partial charge in [-0.3, -0.25) is 0 Å². The second-order valence-electron chi connectivity index (χ2n) is 5.23. The summed E-state index contributed by atoms with van der Waals surface area (Å²) < 4.78 is 55.1. The van der Waals surface area contributed by atoms with Crippen LogP contribution in [0, 0.1) is 0 Å². The van der Waals surface area contributed by atoms with Crippen molar-refractivity contribution in [2.45, 2.75) is 26.1 Å². The Bertz CT molecular complexity index is 748. The zero-order chi connectivity index (χ0) is 18.1. The zero-order valence-corrected chi connectivity index (χ0v) is 13.9. The van der Waals surface area contributed by atoms with Gasteiger partial charge in [0.1, 0.15) is 11.3 Å². The number of ether oxygens (including phenoxy) is 3. The standard InChI is InChI=1S/C15H18F3N3O3/c1-7(2)19-13-8-6-9(22-3)11(23-4)12(24-5)10(8)20-14(21-13)15(16,17)18/h6-7H,1-5H3,(H,19,20,21). The first-order valence-corrected chi connectivity index (χ1v) is 7.07. The summed E-state index contributed by atoms with van der Waals surface area (Å²) in [6.07, 6.45) is -4.69. The molecule has 0 aliphatic rings. The highest BCUT2D eigenvalue weighted by Gasteiger charge is 2.36. The number of hydrogen-bond acceptors (Lipinski definition) is 6. The van der Waals surface area contributed by atoms with E-state index < -0.39 is 12.0 Å². The van der Waals surface area contributed by atoms with E-state index in [4.69, 9.17) is 14.2 Å². The van der Waals surface area contributed by atoms with Gasteiger partial charge in [-0.2, -0.15) is 13.2 Å². The van der Waals surface area contributed by atoms with E-state index in [1.807, 2.05) is 0 Å². The van der Waals surface area contributed by atoms with Crippen molar-refractivity contribution in [3.05, 3.63) is 11.9 Å². The normalized spacial score (nSPS) is 11.7. The third kappa shape index (κ3) is 3.24. The van der Waals surface area contributed by atoms with E-state index in [-0.39, 0.29) is 28.9 Å². The highest BCUT2D eigenvalue weighted by Crippen LogP contribution is 2.45. The van der Waals surface area contributed by atoms with Crippen molar-refractivity contribution in [2.75, 3.05) is 26.6 Å². The highest BCUT2D eigenvalue weighted by molar-refractivity contribution is 5.97. The molecule has 6 nitrogen and oxygen atoms in total. The molecule has 132 valence electrons. The van der Waals surface area contributed by atoms with Gasteiger partial charge in [0.05, 0.1) is 26.7 Å². The molecule has 0 aliphatic carbocycles. The summed E-state index contributed by atoms with van der Waals surface area (Å²) in [7, 11) is 4.11. The molecule has 0 unspecified atom stereocenters. The molecule has 2 aromatic rings. The minimum atomic E-state index is -4.69. The van der Waals surface area contributed by atoms with E-state index in [2.05, 4.69) is 15.3 Å². The molecule has 0 spiro atoms. The van der Waals surface area contributed by atoms with Gasteiger partial charge in [0.2, 0.25) is 11.6 Å². The van der Waals surface area contributed by atoms with Crippen molar-refractivity contribution in [1.29, 1.82) is 0 Å². The number of nitrogens with one attached hydrogen (secondary N) is 1. The molecule has 9 heteroatoms. The molecule has 0 atom stereocenters. The predicted molar refractivity (Wildman–Crippen MR) is 83.0 cm³/mol. The van der Waals surface area contributed by atoms with Gasteiger partial charge in [-0.15, -0.1) is 0 Å². The fourth-order valence-electron chi connectivity index (χ4n) is 2.24. The Morgan fingerprint density at radius 1 is 1.00 bits per heavy atom. The van der Waals surface area contributed by atoms with E-state index in [0.717, 1.165) is 0 Å². The maximum atomic E-state index is 13.1. The van der Waals surface area contributed by atoms with Crippen LogP contribution >= 0.6 is 0 Å². The summed E-state index contributed by atoms with van der Waals surface area (Å²) in [5.41, 5.74) is -0.0133. The molecule has 1 heterocycles. The number of anilines is 1. The lowest BCUT2D eigenvalue weighted by Gasteiger charge is -2.18. The van der Waals surface area contributed by atoms with Crippen molar-refractivity contribution < 1.29 is 27.4 Å². The van der Waals surface area contributed by atoms with Crippen molar-refractivity contribution in [3.63, 3.8) is 0 Å². The summed E-state index contributed by atoms with van der Waals surface area (Å²) in [5.74, 6) is -0.705. The van der Waals surface area contributed by atoms with E-state index >= 15 is 0 Å². The molecule has 0 radical (unpaired) electrons. The number of halogens is 3. The van der Waals surface area contributed by atoms with E-state index in [0.29, 0.717) is 11.1 Å². The number of benzene rings is 1. The van der Waals surface area contributed by atoms with Crippen LogP contribution in [0.1, 0.15) is 19.7 Å². The first kappa shape index (κ1) is 17.9. The van der Waals surface area contributed by atoms with Crippen LogP contribution in [0.4, 0.5) is 19.0 Å². The Labute approximate surface area is 136 Å². The maximum absolute atomic E-state index is 13.1. The largest absolute Gasteiger partial charge is 0.493 e. The van der Waals surface area contributed by atoms with Gasteiger partial charge in [0, 0.05) is 6.04 Å². The quantitative estimate of drug-likeness (QED) is 0.895. The minimum Gasteiger partial charge on any atom is -0.493 e. The average Bonchev–Trinajstić information content (AvgIpc) is 2.51. The first-order valence-electron chi connectivity index (χ1n) is 7.07. The number of rotatable bonds is 5. The Hall–Kier alpha value is -2.45. The van der Waals surface area contributed by atoms with Gasteiger partial charge in [0.25, 0.3) is 0 Å². The lowest BCUT2D eigenvalue weighted by atomic mass is 10.1. The number of fused-ring (bicyclic) bond motifs is 1. The fourth-order valence-corrected chi connectivity index (χ4v) is 2.24. The number of nitrogens with zero attached hydrogens (tertiary/aromatic N) is 2. The van der Waals surface area contributed by atoms with Crippen LogP contribution in [0.25, 0.3) is 10.9 Å². The third-order valence-corrected chi connectivity index (χ3v) is 3.17. The van der Waals surface area contributed by atoms with Crippen LogP contribution < -0.4 is 19.5 Å². The molecule has 1 N–H and O–H groups in total. The molecule has 0 fully saturated rings. The van der Waals surface area contributed by atoms with Crippen molar-refractivity contribution >= 4 is 16.7 Å². The van der Waals surface area contributed by atoms with Crippen molar-refractivity contribution in [1.82, 2.24) is 9.97 Å². The van der Waals surface area contributed by atoms with Gasteiger partial charge >= 0.3 is 6.18 Å². The molecule has 24 heavy (non-hydrogen) atoms. The Morgan fingerprint density at radius 2 is 1.62 bits per heavy atom. The molecular formula is C15H18F3N3O3. The van der Waals surface area contributed by atoms with Crippen LogP contribution in [0.5, 0.6) is 17.2 Å². The second kappa shape index (κ2) is 6.58. The lowest BCUT2D eigenvalue weighted by Crippen LogP contribution is -2.17. The van der Waals surface area contributed by atoms with Gasteiger partial charge < -0.3 is 19.5 Å². The Kier molecular flexibility index (Phi) is 4.91. The molecule has 1 aromatic carbocycles. The summed E-state index contributed by atoms with van der Waals surface area (Å²) in [6, 6.07) is 1.38. The summed E-state index contributed by atoms with van der Waals surface area (Å²) in [6.45, 7) is 3.58. The van der Waals surface area contributed by atoms with Gasteiger partial charge in [0.15, 0.2) is 11.5 Å². The molecule has 0 saturated carbocycles. The predicted octanol–water partition coefficient (Wildman–Crippen LogP) is 3.49. The number of aromatic nitrogens is 2. The van der Waals surface area contributed by atoms with Gasteiger partial charge in [-0.25, -0.2) is 9.97 Å². The van der Waals surface area contributed by atoms with Crippen molar-refractivity contribution in [3.8, 4) is 17.2 Å². The Balaban J connectivity index is 2.91. The molecule has 2 rings (SSSR count). The minimum absolute atomic E-state index is 0.0133. The van der Waals surface area contributed by atoms with Crippen LogP contribution in [0.2, 0.25) is 0 Å². The molecule has 0 amide bonds. The van der Waals surface area contributed by atoms with Crippen molar-refractivity contribution in [2.24, 2.45) is 0 Å². The highest BCUT2D eigenvalue weighted by atomic mass is 19.4. The average molecular weight is 345 g/mol. The number of hydrogen-bond donors (Lipinski definition) is 1. The van der Waals surface area contributed by atoms with E-state index in [1.165, 1.54) is 27.4 Å². The number of alkyl halides is 3. The topological polar surface area (TPSA) is 65.5 Å². The van der Waals surface area contributed by atoms with Crippen LogP contribution in [-0.4, -0.2) is 37.3 Å². The van der Waals surface area contributed by atoms with E-state index in [1.54, 1.807) is 13.8 Å². The zero-order valence-electron chi connectivity index (χ0n) is 13.9. The van der Waals surface area contributed by atoms with Crippen LogP contribution in [-0.2, 0) is 6.18 Å². The first-order chi connectivity index (χ1) is 11.2. The molecular weight excluding hydrogens is 327 g/mol. The fraction of sp³-hybridized carbons (Fsp3) is 0.467. The van der Waals surface area contributed by atoms with Crippen LogP contribution in [0.3, 0.4) is 0 Å². The van der Waals surface area contributed by atoms with Gasteiger partial charge in [-0.1, -0.05) is 0 Å². The smallest absolute Gasteiger partial charge is 0.451 e. The SMILES string of the molecule is COc1cc2c(NC(C)C)nc(C(F)(F)F)nc2c(OC)c1OC. The second-order valence-corrected chi connectivity index (χ2v) is 5.23. The monoisotopic (exact) mass is 345 g/mol. The molecule has 1 aromatic heterocycles.